The summed E-state index contributed by atoms with van der Waals surface area (Å²) < 4.78 is 0. The quantitative estimate of drug-likeness (QED) is 0.799. The van der Waals surface area contributed by atoms with Crippen LogP contribution in [0, 0.1) is 5.92 Å². The Balaban J connectivity index is 1.64. The van der Waals surface area contributed by atoms with Gasteiger partial charge in [-0.05, 0) is 36.6 Å². The molecule has 4 heterocycles. The van der Waals surface area contributed by atoms with E-state index in [-0.39, 0.29) is 24.0 Å². The molecule has 1 amide bonds. The lowest BCUT2D eigenvalue weighted by molar-refractivity contribution is -0.118. The Labute approximate surface area is 147 Å². The van der Waals surface area contributed by atoms with E-state index in [4.69, 9.17) is 0 Å². The Hall–Kier alpha value is -1.91. The zero-order chi connectivity index (χ0) is 16.8. The maximum absolute atomic E-state index is 12.9. The number of nitrogens with zero attached hydrogens (tertiary/aromatic N) is 2. The largest absolute Gasteiger partial charge is 0.392 e. The van der Waals surface area contributed by atoms with Crippen LogP contribution in [-0.4, -0.2) is 47.7 Å². The molecule has 0 aromatic heterocycles. The average Bonchev–Trinajstić information content (AvgIpc) is 3.17. The van der Waals surface area contributed by atoms with Crippen molar-refractivity contribution in [1.29, 1.82) is 0 Å². The molecule has 6 rings (SSSR count). The summed E-state index contributed by atoms with van der Waals surface area (Å²) in [5.74, 6) is 0.638. The minimum Gasteiger partial charge on any atom is -0.392 e. The van der Waals surface area contributed by atoms with Crippen LogP contribution in [-0.2, 0) is 10.2 Å². The molecule has 5 aliphatic rings. The van der Waals surface area contributed by atoms with Gasteiger partial charge >= 0.3 is 0 Å². The van der Waals surface area contributed by atoms with Crippen LogP contribution in [0.15, 0.2) is 47.6 Å². The second-order valence-corrected chi connectivity index (χ2v) is 8.12. The van der Waals surface area contributed by atoms with E-state index in [0.29, 0.717) is 18.4 Å². The van der Waals surface area contributed by atoms with Crippen molar-refractivity contribution in [3.63, 3.8) is 0 Å². The summed E-state index contributed by atoms with van der Waals surface area (Å²) in [5.41, 5.74) is 5.39. The van der Waals surface area contributed by atoms with Crippen LogP contribution in [0.4, 0.5) is 5.69 Å². The number of aliphatic hydroxyl groups excluding tert-OH is 1. The van der Waals surface area contributed by atoms with Gasteiger partial charge in [0.15, 0.2) is 0 Å². The molecule has 2 saturated heterocycles. The predicted molar refractivity (Wildman–Crippen MR) is 95.3 cm³/mol. The van der Waals surface area contributed by atoms with Gasteiger partial charge in [0, 0.05) is 36.0 Å². The first kappa shape index (κ1) is 14.3. The van der Waals surface area contributed by atoms with Crippen molar-refractivity contribution < 1.29 is 9.90 Å². The molecular formula is C21H22N2O2. The van der Waals surface area contributed by atoms with E-state index in [2.05, 4.69) is 40.1 Å². The van der Waals surface area contributed by atoms with E-state index in [1.165, 1.54) is 16.7 Å². The molecule has 1 spiro atoms. The molecule has 1 saturated carbocycles. The minimum absolute atomic E-state index is 0.0692. The topological polar surface area (TPSA) is 43.8 Å². The summed E-state index contributed by atoms with van der Waals surface area (Å²) in [6, 6.07) is 9.29. The highest BCUT2D eigenvalue weighted by Crippen LogP contribution is 2.63. The smallest absolute Gasteiger partial charge is 0.231 e. The molecule has 4 aliphatic heterocycles. The Morgan fingerprint density at radius 1 is 1.32 bits per heavy atom. The fraction of sp³-hybridized carbons (Fsp3) is 0.476. The number of benzene rings is 1. The zero-order valence-electron chi connectivity index (χ0n) is 14.2. The molecular weight excluding hydrogens is 312 g/mol. The van der Waals surface area contributed by atoms with E-state index in [1.54, 1.807) is 0 Å². The van der Waals surface area contributed by atoms with Gasteiger partial charge in [0.2, 0.25) is 5.91 Å². The van der Waals surface area contributed by atoms with Gasteiger partial charge in [-0.25, -0.2) is 0 Å². The van der Waals surface area contributed by atoms with Crippen LogP contribution < -0.4 is 4.90 Å². The normalized spacial score (nSPS) is 39.5. The molecule has 0 unspecified atom stereocenters. The van der Waals surface area contributed by atoms with E-state index in [9.17, 15) is 9.90 Å². The number of piperidine rings is 1. The summed E-state index contributed by atoms with van der Waals surface area (Å²) in [7, 11) is 0. The van der Waals surface area contributed by atoms with Gasteiger partial charge in [-0.2, -0.15) is 0 Å². The number of hydrogen-bond donors (Lipinski definition) is 1. The van der Waals surface area contributed by atoms with Crippen LogP contribution in [0.25, 0.3) is 0 Å². The highest BCUT2D eigenvalue weighted by Gasteiger charge is 2.67. The summed E-state index contributed by atoms with van der Waals surface area (Å²) in [5, 5.41) is 9.50. The highest BCUT2D eigenvalue weighted by atomic mass is 16.2. The number of fused-ring (bicyclic) bond motifs is 4. The lowest BCUT2D eigenvalue weighted by Gasteiger charge is -2.54. The first-order valence-electron chi connectivity index (χ1n) is 9.41. The SMILES string of the molecule is O=C1CC=C2[C@H]3C[C@@H]4N(CC[C@]45c4ccccc4N1[C@H]25)CC3=CCO. The van der Waals surface area contributed by atoms with Crippen molar-refractivity contribution in [2.45, 2.75) is 36.8 Å². The van der Waals surface area contributed by atoms with Crippen molar-refractivity contribution in [3.05, 3.63) is 53.1 Å². The van der Waals surface area contributed by atoms with E-state index in [0.717, 1.165) is 31.6 Å². The number of anilines is 1. The van der Waals surface area contributed by atoms with Crippen molar-refractivity contribution >= 4 is 11.6 Å². The Morgan fingerprint density at radius 2 is 2.20 bits per heavy atom. The fourth-order valence-corrected chi connectivity index (χ4v) is 6.62. The van der Waals surface area contributed by atoms with E-state index < -0.39 is 0 Å². The van der Waals surface area contributed by atoms with Gasteiger partial charge in [0.25, 0.3) is 0 Å². The molecule has 1 aromatic carbocycles. The molecule has 2 bridgehead atoms. The van der Waals surface area contributed by atoms with E-state index >= 15 is 0 Å². The average molecular weight is 334 g/mol. The lowest BCUT2D eigenvalue weighted by Crippen LogP contribution is -2.62. The minimum atomic E-state index is 0.0692. The number of hydrogen-bond acceptors (Lipinski definition) is 3. The Bertz CT molecular complexity index is 857. The number of rotatable bonds is 1. The van der Waals surface area contributed by atoms with Crippen LogP contribution in [0.2, 0.25) is 0 Å². The Kier molecular flexibility index (Phi) is 2.64. The molecule has 1 aliphatic carbocycles. The van der Waals surface area contributed by atoms with Gasteiger partial charge < -0.3 is 10.0 Å². The molecule has 4 heteroatoms. The first-order valence-corrected chi connectivity index (χ1v) is 9.41. The van der Waals surface area contributed by atoms with Gasteiger partial charge in [0.1, 0.15) is 0 Å². The number of amides is 1. The van der Waals surface area contributed by atoms with Crippen molar-refractivity contribution in [3.8, 4) is 0 Å². The molecule has 1 N–H and O–H groups in total. The summed E-state index contributed by atoms with van der Waals surface area (Å²) in [4.78, 5) is 17.6. The van der Waals surface area contributed by atoms with Crippen molar-refractivity contribution in [1.82, 2.24) is 4.90 Å². The van der Waals surface area contributed by atoms with Crippen LogP contribution in [0.3, 0.4) is 0 Å². The van der Waals surface area contributed by atoms with Gasteiger partial charge in [-0.15, -0.1) is 0 Å². The molecule has 3 fully saturated rings. The van der Waals surface area contributed by atoms with Crippen LogP contribution >= 0.6 is 0 Å². The first-order chi connectivity index (χ1) is 12.3. The summed E-state index contributed by atoms with van der Waals surface area (Å²) in [6.45, 7) is 2.16. The zero-order valence-corrected chi connectivity index (χ0v) is 14.2. The standard InChI is InChI=1S/C21H22N2O2/c24-10-7-13-12-22-9-8-21-16-3-1-2-4-17(16)23-19(25)6-5-14(20(21)23)15(13)11-18(21)22/h1-5,7,15,18,20,24H,6,8-12H2/t15-,18-,20+,21-/m0/s1. The number of aliphatic hydroxyl groups is 1. The summed E-state index contributed by atoms with van der Waals surface area (Å²) in [6.07, 6.45) is 6.99. The van der Waals surface area contributed by atoms with E-state index in [1.807, 2.05) is 6.08 Å². The number of carbonyl (C=O) groups excluding carboxylic acids is 1. The van der Waals surface area contributed by atoms with Gasteiger partial charge in [-0.3, -0.25) is 9.69 Å². The maximum atomic E-state index is 12.9. The van der Waals surface area contributed by atoms with Gasteiger partial charge in [-0.1, -0.05) is 35.9 Å². The summed E-state index contributed by atoms with van der Waals surface area (Å²) >= 11 is 0. The molecule has 128 valence electrons. The number of carbonyl (C=O) groups is 1. The third-order valence-corrected chi connectivity index (χ3v) is 7.40. The molecule has 0 radical (unpaired) electrons. The molecule has 4 nitrogen and oxygen atoms in total. The second-order valence-electron chi connectivity index (χ2n) is 8.12. The lowest BCUT2D eigenvalue weighted by atomic mass is 9.57. The number of para-hydroxylation sites is 1. The van der Waals surface area contributed by atoms with Crippen LogP contribution in [0.5, 0.6) is 0 Å². The third kappa shape index (κ3) is 1.50. The van der Waals surface area contributed by atoms with Crippen molar-refractivity contribution in [2.24, 2.45) is 5.92 Å². The predicted octanol–water partition coefficient (Wildman–Crippen LogP) is 2.00. The maximum Gasteiger partial charge on any atom is 0.231 e. The Morgan fingerprint density at radius 3 is 3.08 bits per heavy atom. The van der Waals surface area contributed by atoms with Crippen molar-refractivity contribution in [2.75, 3.05) is 24.6 Å². The molecule has 25 heavy (non-hydrogen) atoms. The third-order valence-electron chi connectivity index (χ3n) is 7.40. The second kappa shape index (κ2) is 4.63. The van der Waals surface area contributed by atoms with Gasteiger partial charge in [0.05, 0.1) is 12.6 Å². The highest BCUT2D eigenvalue weighted by molar-refractivity contribution is 6.00. The monoisotopic (exact) mass is 334 g/mol. The molecule has 4 atom stereocenters. The molecule has 1 aromatic rings. The fourth-order valence-electron chi connectivity index (χ4n) is 6.62. The van der Waals surface area contributed by atoms with Crippen LogP contribution in [0.1, 0.15) is 24.8 Å².